The van der Waals surface area contributed by atoms with Crippen molar-refractivity contribution in [2.24, 2.45) is 0 Å². The van der Waals surface area contributed by atoms with Gasteiger partial charge in [0.25, 0.3) is 0 Å². The van der Waals surface area contributed by atoms with Crippen LogP contribution >= 0.6 is 0 Å². The van der Waals surface area contributed by atoms with Gasteiger partial charge < -0.3 is 0 Å². The van der Waals surface area contributed by atoms with Crippen LogP contribution in [-0.2, 0) is 9.84 Å². The molecule has 0 unspecified atom stereocenters. The Morgan fingerprint density at radius 2 is 1.55 bits per heavy atom. The summed E-state index contributed by atoms with van der Waals surface area (Å²) in [6.07, 6.45) is 0. The van der Waals surface area contributed by atoms with Crippen LogP contribution in [0.4, 0.5) is 21.9 Å². The number of nitriles is 1. The number of nitrogens with zero attached hydrogens (tertiary/aromatic N) is 3. The summed E-state index contributed by atoms with van der Waals surface area (Å²) in [5.41, 5.74) is 0.942. The smallest absolute Gasteiger partial charge is 0.209 e. The number of urea groups is 1. The van der Waals surface area contributed by atoms with Gasteiger partial charge in [-0.2, -0.15) is 0 Å². The van der Waals surface area contributed by atoms with Gasteiger partial charge in [-0.1, -0.05) is 12.1 Å². The Bertz CT molecular complexity index is 1270. The molecule has 11 heteroatoms. The molecule has 2 radical (unpaired) electrons. The first-order valence-electron chi connectivity index (χ1n) is 8.63. The molecule has 0 aromatic heterocycles. The van der Waals surface area contributed by atoms with Gasteiger partial charge >= 0.3 is 135 Å². The zero-order valence-electron chi connectivity index (χ0n) is 15.7. The number of sulfone groups is 1. The van der Waals surface area contributed by atoms with E-state index in [0.29, 0.717) is 21.0 Å². The van der Waals surface area contributed by atoms with Crippen LogP contribution in [-0.4, -0.2) is 36.5 Å². The van der Waals surface area contributed by atoms with Gasteiger partial charge in [-0.05, 0) is 12.1 Å². The monoisotopic (exact) mass is 496 g/mol. The van der Waals surface area contributed by atoms with E-state index in [4.69, 9.17) is 5.26 Å². The molecule has 154 valence electrons. The maximum atomic E-state index is 12.2. The average Bonchev–Trinajstić information content (AvgIpc) is 3.35. The fourth-order valence-electron chi connectivity index (χ4n) is 2.55. The van der Waals surface area contributed by atoms with E-state index in [2.05, 4.69) is 22.4 Å². The number of benzene rings is 3. The van der Waals surface area contributed by atoms with Crippen molar-refractivity contribution in [1.29, 1.82) is 5.26 Å². The Balaban J connectivity index is 0.000000248. The van der Waals surface area contributed by atoms with E-state index in [1.165, 1.54) is 22.0 Å². The summed E-state index contributed by atoms with van der Waals surface area (Å²) < 4.78 is 22.7. The molecule has 1 N–H and O–H groups in total. The molecule has 1 aliphatic heterocycles. The summed E-state index contributed by atoms with van der Waals surface area (Å²) in [5.74, 6) is 0. The summed E-state index contributed by atoms with van der Waals surface area (Å²) >= 11 is 2.05. The third kappa shape index (κ3) is 4.91. The van der Waals surface area contributed by atoms with Gasteiger partial charge in [0, 0.05) is 0 Å². The van der Waals surface area contributed by atoms with Gasteiger partial charge in [0.1, 0.15) is 0 Å². The molecule has 1 heterocycles. The summed E-state index contributed by atoms with van der Waals surface area (Å²) in [5, 5.41) is 22.1. The summed E-state index contributed by atoms with van der Waals surface area (Å²) in [6, 6.07) is 20.4. The first-order chi connectivity index (χ1) is 14.8. The number of fused-ring (bicyclic) bond motifs is 1. The molecule has 0 saturated heterocycles. The van der Waals surface area contributed by atoms with E-state index >= 15 is 0 Å². The second-order valence-electron chi connectivity index (χ2n) is 6.13. The fourth-order valence-corrected chi connectivity index (χ4v) is 4.24. The van der Waals surface area contributed by atoms with Gasteiger partial charge in [0.2, 0.25) is 9.84 Å². The van der Waals surface area contributed by atoms with E-state index in [1.54, 1.807) is 54.6 Å². The molecule has 9 nitrogen and oxygen atoms in total. The maximum Gasteiger partial charge on any atom is 0.209 e. The molecule has 31 heavy (non-hydrogen) atoms. The van der Waals surface area contributed by atoms with Crippen molar-refractivity contribution in [3.63, 3.8) is 0 Å². The number of hydrogen-bond donors (Lipinski definition) is 1. The van der Waals surface area contributed by atoms with Crippen LogP contribution in [0, 0.1) is 21.4 Å². The fraction of sp³-hybridized carbons (Fsp3) is 0. The minimum atomic E-state index is -2.88. The number of hydrogen-bond acceptors (Lipinski definition) is 6. The normalized spacial score (nSPS) is 12.3. The Labute approximate surface area is 186 Å². The third-order valence-corrected chi connectivity index (χ3v) is 6.69. The number of carbonyl (C=O) groups is 1. The maximum absolute atomic E-state index is 12.2. The Kier molecular flexibility index (Phi) is 6.39. The van der Waals surface area contributed by atoms with Crippen molar-refractivity contribution in [2.75, 3.05) is 9.13 Å². The summed E-state index contributed by atoms with van der Waals surface area (Å²) in [4.78, 5) is 23.5. The van der Waals surface area contributed by atoms with E-state index in [1.807, 2.05) is 6.07 Å². The van der Waals surface area contributed by atoms with Crippen molar-refractivity contribution in [2.45, 2.75) is 9.79 Å². The minimum absolute atomic E-state index is 0.113. The molecule has 0 aliphatic carbocycles. The molecule has 3 aromatic carbocycles. The topological polar surface area (TPSA) is 133 Å². The first kappa shape index (κ1) is 22.0. The molecule has 0 spiro atoms. The molecule has 0 saturated carbocycles. The SMILES string of the molecule is N#Cc1ccc(N([As])C(=O)Nc2ccccc2[N+](=O)[O-])cc1.O=S1(=O)c2ccccc21. The van der Waals surface area contributed by atoms with Crippen molar-refractivity contribution >= 4 is 50.0 Å². The van der Waals surface area contributed by atoms with Crippen LogP contribution in [0.15, 0.2) is 82.6 Å². The third-order valence-electron chi connectivity index (χ3n) is 4.16. The summed E-state index contributed by atoms with van der Waals surface area (Å²) in [7, 11) is -2.88. The Morgan fingerprint density at radius 1 is 1.00 bits per heavy atom. The second-order valence-corrected chi connectivity index (χ2v) is 8.85. The number of nitro groups is 1. The van der Waals surface area contributed by atoms with Crippen LogP contribution in [0.25, 0.3) is 0 Å². The van der Waals surface area contributed by atoms with Crippen LogP contribution in [0.1, 0.15) is 5.56 Å². The van der Waals surface area contributed by atoms with Crippen molar-refractivity contribution in [3.05, 3.63) is 88.5 Å². The molecular weight excluding hydrogens is 483 g/mol. The molecule has 0 atom stereocenters. The molecule has 0 fully saturated rings. The summed E-state index contributed by atoms with van der Waals surface area (Å²) in [6.45, 7) is 0. The van der Waals surface area contributed by atoms with Crippen LogP contribution in [0.5, 0.6) is 0 Å². The quantitative estimate of drug-likeness (QED) is 0.200. The average molecular weight is 496 g/mol. The number of nitrogens with one attached hydrogen (secondary N) is 1. The number of nitro benzene ring substituents is 1. The standard InChI is InChI=1S/C14H9AsN4O3.C6H4O2S/c15-18(11-7-5-10(9-16)6-8-11)14(20)17-12-3-1-2-4-13(12)19(21)22;7-9(8)5-3-1-2-4-6(5)9/h1-8H,(H,17,20);1-4H. The van der Waals surface area contributed by atoms with E-state index in [9.17, 15) is 23.3 Å². The molecular formula is C20H13AsN4O5S. The van der Waals surface area contributed by atoms with Crippen LogP contribution in [0.2, 0.25) is 0 Å². The molecule has 3 aromatic rings. The van der Waals surface area contributed by atoms with Gasteiger partial charge in [0.15, 0.2) is 0 Å². The van der Waals surface area contributed by atoms with Crippen molar-refractivity contribution < 1.29 is 18.1 Å². The number of para-hydroxylation sites is 2. The number of anilines is 2. The number of amides is 2. The zero-order valence-corrected chi connectivity index (χ0v) is 18.4. The second kappa shape index (κ2) is 9.00. The molecule has 1 aliphatic rings. The van der Waals surface area contributed by atoms with Crippen LogP contribution in [0.3, 0.4) is 0 Å². The largest absolute Gasteiger partial charge is 0.218 e. The molecule has 0 bridgehead atoms. The van der Waals surface area contributed by atoms with E-state index in [0.717, 1.165) is 0 Å². The Morgan fingerprint density at radius 3 is 2.06 bits per heavy atom. The molecule has 4 rings (SSSR count). The van der Waals surface area contributed by atoms with Crippen LogP contribution < -0.4 is 9.13 Å². The van der Waals surface area contributed by atoms with Crippen molar-refractivity contribution in [3.8, 4) is 6.07 Å². The van der Waals surface area contributed by atoms with Gasteiger partial charge in [-0.3, -0.25) is 0 Å². The number of rotatable bonds is 3. The first-order valence-corrected chi connectivity index (χ1v) is 11.0. The molecule has 2 amide bonds. The zero-order chi connectivity index (χ0) is 22.6. The van der Waals surface area contributed by atoms with Gasteiger partial charge in [-0.25, -0.2) is 8.42 Å². The van der Waals surface area contributed by atoms with E-state index in [-0.39, 0.29) is 11.4 Å². The Hall–Kier alpha value is -3.67. The van der Waals surface area contributed by atoms with Gasteiger partial charge in [-0.15, -0.1) is 0 Å². The van der Waals surface area contributed by atoms with E-state index < -0.39 is 20.8 Å². The van der Waals surface area contributed by atoms with Crippen molar-refractivity contribution in [1.82, 2.24) is 0 Å². The van der Waals surface area contributed by atoms with Gasteiger partial charge in [0.05, 0.1) is 9.79 Å². The predicted molar refractivity (Wildman–Crippen MR) is 113 cm³/mol. The minimum Gasteiger partial charge on any atom is -0.218 e. The predicted octanol–water partition coefficient (Wildman–Crippen LogP) is 3.42. The number of carbonyl (C=O) groups excluding carboxylic acids is 1.